The Morgan fingerprint density at radius 3 is 2.84 bits per heavy atom. The van der Waals surface area contributed by atoms with Crippen molar-refractivity contribution in [3.8, 4) is 0 Å². The van der Waals surface area contributed by atoms with Crippen LogP contribution in [0.3, 0.4) is 0 Å². The lowest BCUT2D eigenvalue weighted by molar-refractivity contribution is 0.0590. The van der Waals surface area contributed by atoms with E-state index in [2.05, 4.69) is 10.1 Å². The highest BCUT2D eigenvalue weighted by Gasteiger charge is 2.21. The Hall–Kier alpha value is -1.91. The number of carbonyl (C=O) groups is 1. The first-order valence-corrected chi connectivity index (χ1v) is 6.73. The van der Waals surface area contributed by atoms with Gasteiger partial charge >= 0.3 is 5.97 Å². The second kappa shape index (κ2) is 4.99. The topological polar surface area (TPSA) is 56.5 Å². The van der Waals surface area contributed by atoms with Gasteiger partial charge in [-0.3, -0.25) is 0 Å². The van der Waals surface area contributed by atoms with Crippen molar-refractivity contribution in [3.63, 3.8) is 0 Å². The van der Waals surface area contributed by atoms with Crippen LogP contribution in [0.2, 0.25) is 0 Å². The van der Waals surface area contributed by atoms with E-state index < -0.39 is 0 Å². The quantitative estimate of drug-likeness (QED) is 0.778. The van der Waals surface area contributed by atoms with Crippen LogP contribution in [0.25, 0.3) is 5.65 Å². The number of ether oxygens (including phenoxy) is 1. The fraction of sp³-hybridized carbons (Fsp3) is 0.500. The number of esters is 1. The molecule has 0 saturated heterocycles. The SMILES string of the molecule is COC(=O)c1cccc2nc(C3CCCCC3)nn12. The van der Waals surface area contributed by atoms with Gasteiger partial charge in [0, 0.05) is 5.92 Å². The van der Waals surface area contributed by atoms with Gasteiger partial charge in [0.2, 0.25) is 0 Å². The van der Waals surface area contributed by atoms with Crippen LogP contribution in [0.5, 0.6) is 0 Å². The molecule has 0 radical (unpaired) electrons. The molecule has 5 heteroatoms. The summed E-state index contributed by atoms with van der Waals surface area (Å²) in [5.74, 6) is 0.904. The van der Waals surface area contributed by atoms with Gasteiger partial charge in [-0.2, -0.15) is 5.10 Å². The molecular formula is C14H17N3O2. The van der Waals surface area contributed by atoms with E-state index in [-0.39, 0.29) is 5.97 Å². The van der Waals surface area contributed by atoms with Gasteiger partial charge in [0.1, 0.15) is 0 Å². The highest BCUT2D eigenvalue weighted by Crippen LogP contribution is 2.30. The lowest BCUT2D eigenvalue weighted by Gasteiger charge is -2.17. The zero-order valence-corrected chi connectivity index (χ0v) is 11.0. The average molecular weight is 259 g/mol. The molecule has 0 bridgehead atoms. The van der Waals surface area contributed by atoms with Gasteiger partial charge in [-0.1, -0.05) is 25.3 Å². The number of nitrogens with zero attached hydrogens (tertiary/aromatic N) is 3. The van der Waals surface area contributed by atoms with Crippen molar-refractivity contribution in [2.45, 2.75) is 38.0 Å². The summed E-state index contributed by atoms with van der Waals surface area (Å²) in [5.41, 5.74) is 1.14. The Morgan fingerprint density at radius 2 is 2.11 bits per heavy atom. The molecule has 1 aliphatic carbocycles. The van der Waals surface area contributed by atoms with Crippen molar-refractivity contribution in [1.29, 1.82) is 0 Å². The molecule has 19 heavy (non-hydrogen) atoms. The summed E-state index contributed by atoms with van der Waals surface area (Å²) >= 11 is 0. The highest BCUT2D eigenvalue weighted by atomic mass is 16.5. The van der Waals surface area contributed by atoms with Crippen molar-refractivity contribution >= 4 is 11.6 Å². The van der Waals surface area contributed by atoms with Crippen molar-refractivity contribution in [3.05, 3.63) is 29.7 Å². The monoisotopic (exact) mass is 259 g/mol. The molecule has 0 N–H and O–H groups in total. The van der Waals surface area contributed by atoms with E-state index in [1.807, 2.05) is 6.07 Å². The Balaban J connectivity index is 2.02. The number of fused-ring (bicyclic) bond motifs is 1. The molecule has 100 valence electrons. The van der Waals surface area contributed by atoms with E-state index >= 15 is 0 Å². The van der Waals surface area contributed by atoms with Crippen LogP contribution in [0.4, 0.5) is 0 Å². The summed E-state index contributed by atoms with van der Waals surface area (Å²) in [6, 6.07) is 5.38. The van der Waals surface area contributed by atoms with Crippen LogP contribution in [0, 0.1) is 0 Å². The second-order valence-electron chi connectivity index (χ2n) is 4.98. The Kier molecular flexibility index (Phi) is 3.19. The van der Waals surface area contributed by atoms with E-state index in [0.29, 0.717) is 17.3 Å². The maximum absolute atomic E-state index is 11.7. The van der Waals surface area contributed by atoms with E-state index in [1.54, 1.807) is 16.6 Å². The fourth-order valence-electron chi connectivity index (χ4n) is 2.71. The maximum atomic E-state index is 11.7. The first kappa shape index (κ1) is 12.1. The molecule has 0 aliphatic heterocycles. The summed E-state index contributed by atoms with van der Waals surface area (Å²) in [6.45, 7) is 0. The zero-order valence-electron chi connectivity index (χ0n) is 11.0. The molecule has 0 atom stereocenters. The summed E-state index contributed by atoms with van der Waals surface area (Å²) in [4.78, 5) is 16.3. The largest absolute Gasteiger partial charge is 0.464 e. The van der Waals surface area contributed by atoms with E-state index in [4.69, 9.17) is 4.74 Å². The first-order valence-electron chi connectivity index (χ1n) is 6.73. The normalized spacial score (nSPS) is 16.7. The van der Waals surface area contributed by atoms with E-state index in [0.717, 1.165) is 18.7 Å². The first-order chi connectivity index (χ1) is 9.29. The summed E-state index contributed by atoms with van der Waals surface area (Å²) < 4.78 is 6.36. The standard InChI is InChI=1S/C14H17N3O2/c1-19-14(18)11-8-5-9-12-15-13(16-17(11)12)10-6-3-2-4-7-10/h5,8-10H,2-4,6-7H2,1H3. The highest BCUT2D eigenvalue weighted by molar-refractivity contribution is 5.88. The Labute approximate surface area is 111 Å². The predicted molar refractivity (Wildman–Crippen MR) is 70.2 cm³/mol. The van der Waals surface area contributed by atoms with Gasteiger partial charge in [-0.15, -0.1) is 0 Å². The molecule has 1 aliphatic rings. The minimum absolute atomic E-state index is 0.384. The summed E-state index contributed by atoms with van der Waals surface area (Å²) in [6.07, 6.45) is 6.07. The number of aromatic nitrogens is 3. The Morgan fingerprint density at radius 1 is 1.32 bits per heavy atom. The third-order valence-corrected chi connectivity index (χ3v) is 3.74. The molecule has 0 unspecified atom stereocenters. The molecule has 2 aromatic rings. The molecule has 0 amide bonds. The number of methoxy groups -OCH3 is 1. The smallest absolute Gasteiger partial charge is 0.356 e. The van der Waals surface area contributed by atoms with Crippen molar-refractivity contribution < 1.29 is 9.53 Å². The molecule has 0 spiro atoms. The van der Waals surface area contributed by atoms with Crippen LogP contribution < -0.4 is 0 Å². The van der Waals surface area contributed by atoms with Gasteiger partial charge < -0.3 is 4.74 Å². The summed E-state index contributed by atoms with van der Waals surface area (Å²) in [5, 5.41) is 4.51. The van der Waals surface area contributed by atoms with Gasteiger partial charge in [-0.25, -0.2) is 14.3 Å². The molecule has 2 aromatic heterocycles. The van der Waals surface area contributed by atoms with Crippen molar-refractivity contribution in [2.24, 2.45) is 0 Å². The third kappa shape index (κ3) is 2.20. The molecule has 1 saturated carbocycles. The van der Waals surface area contributed by atoms with Crippen molar-refractivity contribution in [1.82, 2.24) is 14.6 Å². The number of pyridine rings is 1. The lowest BCUT2D eigenvalue weighted by atomic mass is 9.89. The van der Waals surface area contributed by atoms with Gasteiger partial charge in [0.15, 0.2) is 17.2 Å². The zero-order chi connectivity index (χ0) is 13.2. The molecule has 3 rings (SSSR count). The maximum Gasteiger partial charge on any atom is 0.356 e. The molecule has 5 nitrogen and oxygen atoms in total. The number of hydrogen-bond acceptors (Lipinski definition) is 4. The number of hydrogen-bond donors (Lipinski definition) is 0. The van der Waals surface area contributed by atoms with Crippen LogP contribution >= 0.6 is 0 Å². The number of carbonyl (C=O) groups excluding carboxylic acids is 1. The van der Waals surface area contributed by atoms with Gasteiger partial charge in [0.25, 0.3) is 0 Å². The van der Waals surface area contributed by atoms with E-state index in [9.17, 15) is 4.79 Å². The van der Waals surface area contributed by atoms with Gasteiger partial charge in [-0.05, 0) is 25.0 Å². The minimum atomic E-state index is -0.384. The fourth-order valence-corrected chi connectivity index (χ4v) is 2.71. The average Bonchev–Trinajstić information content (AvgIpc) is 2.91. The molecule has 1 fully saturated rings. The Bertz CT molecular complexity index is 600. The minimum Gasteiger partial charge on any atom is -0.464 e. The second-order valence-corrected chi connectivity index (χ2v) is 4.98. The molecule has 0 aromatic carbocycles. The van der Waals surface area contributed by atoms with Gasteiger partial charge in [0.05, 0.1) is 7.11 Å². The van der Waals surface area contributed by atoms with Crippen LogP contribution in [-0.2, 0) is 4.74 Å². The number of rotatable bonds is 2. The molecular weight excluding hydrogens is 242 g/mol. The summed E-state index contributed by atoms with van der Waals surface area (Å²) in [7, 11) is 1.38. The van der Waals surface area contributed by atoms with Crippen LogP contribution in [0.1, 0.15) is 54.3 Å². The van der Waals surface area contributed by atoms with Crippen molar-refractivity contribution in [2.75, 3.05) is 7.11 Å². The lowest BCUT2D eigenvalue weighted by Crippen LogP contribution is -2.10. The molecule has 2 heterocycles. The van der Waals surface area contributed by atoms with Crippen LogP contribution in [0.15, 0.2) is 18.2 Å². The van der Waals surface area contributed by atoms with E-state index in [1.165, 1.54) is 26.4 Å². The predicted octanol–water partition coefficient (Wildman–Crippen LogP) is 2.56. The third-order valence-electron chi connectivity index (χ3n) is 3.74. The van der Waals surface area contributed by atoms with Crippen LogP contribution in [-0.4, -0.2) is 27.7 Å².